The molecule has 0 aromatic heterocycles. The Bertz CT molecular complexity index is 479. The highest BCUT2D eigenvalue weighted by molar-refractivity contribution is 5.96. The van der Waals surface area contributed by atoms with Crippen molar-refractivity contribution in [1.82, 2.24) is 0 Å². The summed E-state index contributed by atoms with van der Waals surface area (Å²) < 4.78 is 18.3. The first-order valence-corrected chi connectivity index (χ1v) is 5.00. The van der Waals surface area contributed by atoms with Crippen LogP contribution in [0.1, 0.15) is 28.4 Å². The number of fused-ring (bicyclic) bond motifs is 1. The molecule has 0 saturated heterocycles. The van der Waals surface area contributed by atoms with Crippen LogP contribution < -0.4 is 0 Å². The van der Waals surface area contributed by atoms with Crippen LogP contribution in [0, 0.1) is 12.7 Å². The third-order valence-corrected chi connectivity index (χ3v) is 2.79. The number of carbonyl (C=O) groups is 2. The Kier molecular flexibility index (Phi) is 2.50. The second-order valence-corrected chi connectivity index (χ2v) is 3.93. The quantitative estimate of drug-likeness (QED) is 0.680. The molecule has 1 aromatic carbocycles. The second-order valence-electron chi connectivity index (χ2n) is 3.93. The Morgan fingerprint density at radius 3 is 2.81 bits per heavy atom. The van der Waals surface area contributed by atoms with Gasteiger partial charge in [0.05, 0.1) is 5.56 Å². The molecule has 1 aromatic rings. The first-order chi connectivity index (χ1) is 7.50. The molecule has 84 valence electrons. The van der Waals surface area contributed by atoms with Crippen molar-refractivity contribution in [3.05, 3.63) is 34.6 Å². The average molecular weight is 222 g/mol. The fourth-order valence-corrected chi connectivity index (χ4v) is 1.85. The Morgan fingerprint density at radius 1 is 1.50 bits per heavy atom. The molecule has 0 amide bonds. The molecule has 1 atom stereocenters. The zero-order valence-corrected chi connectivity index (χ0v) is 9.04. The average Bonchev–Trinajstić information content (AvgIpc) is 2.22. The zero-order chi connectivity index (χ0) is 11.9. The van der Waals surface area contributed by atoms with Gasteiger partial charge in [-0.05, 0) is 31.0 Å². The number of ketones is 1. The molecular weight excluding hydrogens is 211 g/mol. The molecule has 0 bridgehead atoms. The molecule has 4 heteroatoms. The number of hydrogen-bond acceptors (Lipinski definition) is 3. The summed E-state index contributed by atoms with van der Waals surface area (Å²) in [7, 11) is 0. The minimum absolute atomic E-state index is 0.0301. The Labute approximate surface area is 92.2 Å². The van der Waals surface area contributed by atoms with E-state index < -0.39 is 17.9 Å². The van der Waals surface area contributed by atoms with E-state index in [0.717, 1.165) is 5.56 Å². The van der Waals surface area contributed by atoms with E-state index in [1.54, 1.807) is 13.0 Å². The molecule has 0 N–H and O–H groups in total. The lowest BCUT2D eigenvalue weighted by Gasteiger charge is -2.24. The van der Waals surface area contributed by atoms with Gasteiger partial charge in [0, 0.05) is 6.42 Å². The number of halogens is 1. The molecule has 0 spiro atoms. The van der Waals surface area contributed by atoms with Gasteiger partial charge >= 0.3 is 5.97 Å². The molecule has 3 nitrogen and oxygen atoms in total. The van der Waals surface area contributed by atoms with E-state index in [1.165, 1.54) is 13.0 Å². The van der Waals surface area contributed by atoms with Crippen molar-refractivity contribution in [3.63, 3.8) is 0 Å². The van der Waals surface area contributed by atoms with Crippen molar-refractivity contribution >= 4 is 11.8 Å². The largest absolute Gasteiger partial charge is 0.450 e. The summed E-state index contributed by atoms with van der Waals surface area (Å²) in [6.07, 6.45) is -0.513. The predicted molar refractivity (Wildman–Crippen MR) is 54.7 cm³/mol. The molecule has 0 aliphatic carbocycles. The maximum absolute atomic E-state index is 13.4. The second kappa shape index (κ2) is 3.70. The zero-order valence-electron chi connectivity index (χ0n) is 9.04. The third-order valence-electron chi connectivity index (χ3n) is 2.79. The van der Waals surface area contributed by atoms with E-state index in [1.807, 2.05) is 0 Å². The van der Waals surface area contributed by atoms with Crippen LogP contribution in [-0.4, -0.2) is 17.9 Å². The summed E-state index contributed by atoms with van der Waals surface area (Å²) >= 11 is 0. The standard InChI is InChI=1S/C12H11FO3/c1-6-3-4-9(13)11-8(6)5-10(7(2)14)16-12(11)15/h3-4,10H,5H2,1-2H3. The van der Waals surface area contributed by atoms with Crippen LogP contribution in [0.15, 0.2) is 12.1 Å². The van der Waals surface area contributed by atoms with E-state index in [4.69, 9.17) is 4.74 Å². The topological polar surface area (TPSA) is 43.4 Å². The Balaban J connectivity index is 2.54. The molecule has 1 unspecified atom stereocenters. The number of Topliss-reactive ketones (excluding diaryl/α,β-unsaturated/α-hetero) is 1. The maximum Gasteiger partial charge on any atom is 0.342 e. The molecule has 1 heterocycles. The molecule has 2 rings (SSSR count). The van der Waals surface area contributed by atoms with Crippen molar-refractivity contribution in [2.45, 2.75) is 26.4 Å². The number of ether oxygens (including phenoxy) is 1. The monoisotopic (exact) mass is 222 g/mol. The molecule has 0 saturated carbocycles. The van der Waals surface area contributed by atoms with Gasteiger partial charge in [0.25, 0.3) is 0 Å². The van der Waals surface area contributed by atoms with Crippen LogP contribution in [0.25, 0.3) is 0 Å². The van der Waals surface area contributed by atoms with Crippen molar-refractivity contribution in [2.75, 3.05) is 0 Å². The van der Waals surface area contributed by atoms with Gasteiger partial charge in [-0.25, -0.2) is 9.18 Å². The lowest BCUT2D eigenvalue weighted by Crippen LogP contribution is -2.34. The fourth-order valence-electron chi connectivity index (χ4n) is 1.85. The van der Waals surface area contributed by atoms with E-state index in [2.05, 4.69) is 0 Å². The van der Waals surface area contributed by atoms with Gasteiger partial charge in [-0.1, -0.05) is 6.07 Å². The van der Waals surface area contributed by atoms with Gasteiger partial charge in [-0.2, -0.15) is 0 Å². The number of benzene rings is 1. The number of aryl methyl sites for hydroxylation is 1. The van der Waals surface area contributed by atoms with Gasteiger partial charge < -0.3 is 4.74 Å². The smallest absolute Gasteiger partial charge is 0.342 e. The predicted octanol–water partition coefficient (Wildman–Crippen LogP) is 1.80. The Morgan fingerprint density at radius 2 is 2.19 bits per heavy atom. The van der Waals surface area contributed by atoms with E-state index >= 15 is 0 Å². The normalized spacial score (nSPS) is 18.9. The maximum atomic E-state index is 13.4. The fraction of sp³-hybridized carbons (Fsp3) is 0.333. The van der Waals surface area contributed by atoms with Gasteiger partial charge in [0.15, 0.2) is 11.9 Å². The molecule has 1 aliphatic rings. The number of hydrogen-bond donors (Lipinski definition) is 0. The number of rotatable bonds is 1. The minimum atomic E-state index is -0.777. The Hall–Kier alpha value is -1.71. The summed E-state index contributed by atoms with van der Waals surface area (Å²) in [5, 5.41) is 0. The van der Waals surface area contributed by atoms with Crippen molar-refractivity contribution in [2.24, 2.45) is 0 Å². The highest BCUT2D eigenvalue weighted by atomic mass is 19.1. The van der Waals surface area contributed by atoms with Gasteiger partial charge in [-0.3, -0.25) is 4.79 Å². The van der Waals surface area contributed by atoms with Gasteiger partial charge in [0.1, 0.15) is 5.82 Å². The van der Waals surface area contributed by atoms with E-state index in [-0.39, 0.29) is 17.8 Å². The minimum Gasteiger partial charge on any atom is -0.450 e. The number of cyclic esters (lactones) is 1. The van der Waals surface area contributed by atoms with Crippen LogP contribution >= 0.6 is 0 Å². The SMILES string of the molecule is CC(=O)C1Cc2c(C)ccc(F)c2C(=O)O1. The van der Waals surface area contributed by atoms with Crippen LogP contribution in [0.4, 0.5) is 4.39 Å². The van der Waals surface area contributed by atoms with Gasteiger partial charge in [-0.15, -0.1) is 0 Å². The van der Waals surface area contributed by atoms with Crippen molar-refractivity contribution in [3.8, 4) is 0 Å². The van der Waals surface area contributed by atoms with E-state index in [9.17, 15) is 14.0 Å². The summed E-state index contributed by atoms with van der Waals surface area (Å²) in [5.74, 6) is -1.56. The first kappa shape index (κ1) is 10.8. The van der Waals surface area contributed by atoms with Crippen LogP contribution in [-0.2, 0) is 16.0 Å². The van der Waals surface area contributed by atoms with E-state index in [0.29, 0.717) is 5.56 Å². The van der Waals surface area contributed by atoms with Crippen molar-refractivity contribution in [1.29, 1.82) is 0 Å². The molecular formula is C12H11FO3. The molecule has 1 aliphatic heterocycles. The van der Waals surface area contributed by atoms with Crippen LogP contribution in [0.5, 0.6) is 0 Å². The summed E-state index contributed by atoms with van der Waals surface area (Å²) in [5.41, 5.74) is 1.35. The molecule has 16 heavy (non-hydrogen) atoms. The van der Waals surface area contributed by atoms with Gasteiger partial charge in [0.2, 0.25) is 0 Å². The van der Waals surface area contributed by atoms with Crippen LogP contribution in [0.2, 0.25) is 0 Å². The highest BCUT2D eigenvalue weighted by Crippen LogP contribution is 2.26. The summed E-state index contributed by atoms with van der Waals surface area (Å²) in [6.45, 7) is 3.14. The number of carbonyl (C=O) groups excluding carboxylic acids is 2. The highest BCUT2D eigenvalue weighted by Gasteiger charge is 2.32. The molecule has 0 fully saturated rings. The lowest BCUT2D eigenvalue weighted by atomic mass is 9.92. The summed E-state index contributed by atoms with van der Waals surface area (Å²) in [4.78, 5) is 22.7. The summed E-state index contributed by atoms with van der Waals surface area (Å²) in [6, 6.07) is 2.84. The first-order valence-electron chi connectivity index (χ1n) is 5.00. The lowest BCUT2D eigenvalue weighted by molar-refractivity contribution is -0.125. The van der Waals surface area contributed by atoms with Crippen molar-refractivity contribution < 1.29 is 18.7 Å². The molecule has 0 radical (unpaired) electrons. The third kappa shape index (κ3) is 1.60. The number of esters is 1. The van der Waals surface area contributed by atoms with Crippen LogP contribution in [0.3, 0.4) is 0 Å².